The van der Waals surface area contributed by atoms with Crippen molar-refractivity contribution >= 4 is 35.0 Å². The standard InChI is InChI=1S/C9H16O4.Mg.2H/c1-2-3-4-5-6-7(8(10)11)9(12)13;;;/h7H,2-6H2,1H3,(H,10,11)(H,12,13);;;. The molecule has 5 heteroatoms. The average molecular weight is 215 g/mol. The van der Waals surface area contributed by atoms with Crippen LogP contribution in [0.3, 0.4) is 0 Å². The minimum Gasteiger partial charge on any atom is -0.481 e. The summed E-state index contributed by atoms with van der Waals surface area (Å²) in [5, 5.41) is 17.0. The average Bonchev–Trinajstić information content (AvgIpc) is 2.02. The highest BCUT2D eigenvalue weighted by molar-refractivity contribution is 5.92. The van der Waals surface area contributed by atoms with Crippen molar-refractivity contribution in [2.24, 2.45) is 5.92 Å². The van der Waals surface area contributed by atoms with E-state index in [-0.39, 0.29) is 29.5 Å². The Morgan fingerprint density at radius 1 is 1.07 bits per heavy atom. The molecule has 0 aliphatic heterocycles. The fourth-order valence-corrected chi connectivity index (χ4v) is 1.13. The first-order chi connectivity index (χ1) is 6.09. The lowest BCUT2D eigenvalue weighted by Crippen LogP contribution is -2.23. The van der Waals surface area contributed by atoms with Gasteiger partial charge < -0.3 is 10.2 Å². The quantitative estimate of drug-likeness (QED) is 0.374. The van der Waals surface area contributed by atoms with E-state index in [0.717, 1.165) is 19.3 Å². The second-order valence-corrected chi connectivity index (χ2v) is 3.08. The molecule has 0 aliphatic carbocycles. The monoisotopic (exact) mass is 214 g/mol. The summed E-state index contributed by atoms with van der Waals surface area (Å²) >= 11 is 0. The number of hydrogen-bond acceptors (Lipinski definition) is 2. The maximum atomic E-state index is 10.4. The zero-order chi connectivity index (χ0) is 10.3. The number of unbranched alkanes of at least 4 members (excludes halogenated alkanes) is 3. The van der Waals surface area contributed by atoms with Crippen molar-refractivity contribution in [3.05, 3.63) is 0 Å². The van der Waals surface area contributed by atoms with E-state index in [1.54, 1.807) is 0 Å². The van der Waals surface area contributed by atoms with Crippen molar-refractivity contribution in [3.8, 4) is 0 Å². The fraction of sp³-hybridized carbons (Fsp3) is 0.778. The molecular formula is C9H18MgO4. The van der Waals surface area contributed by atoms with Gasteiger partial charge in [-0.05, 0) is 6.42 Å². The van der Waals surface area contributed by atoms with E-state index in [4.69, 9.17) is 10.2 Å². The van der Waals surface area contributed by atoms with Crippen LogP contribution in [0.25, 0.3) is 0 Å². The first-order valence-electron chi connectivity index (χ1n) is 4.55. The lowest BCUT2D eigenvalue weighted by atomic mass is 10.0. The van der Waals surface area contributed by atoms with Gasteiger partial charge in [0.15, 0.2) is 5.92 Å². The molecule has 14 heavy (non-hydrogen) atoms. The Morgan fingerprint density at radius 3 is 1.93 bits per heavy atom. The van der Waals surface area contributed by atoms with Crippen LogP contribution in [0.15, 0.2) is 0 Å². The maximum Gasteiger partial charge on any atom is 0.317 e. The molecule has 0 atom stereocenters. The van der Waals surface area contributed by atoms with Crippen LogP contribution in [-0.2, 0) is 9.59 Å². The number of carboxylic acids is 2. The minimum atomic E-state index is -1.23. The van der Waals surface area contributed by atoms with Crippen molar-refractivity contribution in [1.29, 1.82) is 0 Å². The molecule has 0 unspecified atom stereocenters. The van der Waals surface area contributed by atoms with Crippen LogP contribution in [0, 0.1) is 5.92 Å². The number of hydrogen-bond donors (Lipinski definition) is 2. The molecule has 0 aromatic heterocycles. The van der Waals surface area contributed by atoms with Crippen LogP contribution in [0.2, 0.25) is 0 Å². The molecule has 0 aromatic rings. The van der Waals surface area contributed by atoms with Crippen molar-refractivity contribution in [3.63, 3.8) is 0 Å². The summed E-state index contributed by atoms with van der Waals surface area (Å²) in [6.07, 6.45) is 3.92. The van der Waals surface area contributed by atoms with Gasteiger partial charge in [0.05, 0.1) is 0 Å². The van der Waals surface area contributed by atoms with Gasteiger partial charge in [0.25, 0.3) is 0 Å². The normalized spacial score (nSPS) is 9.57. The molecule has 0 rings (SSSR count). The highest BCUT2D eigenvalue weighted by Crippen LogP contribution is 2.11. The lowest BCUT2D eigenvalue weighted by molar-refractivity contribution is -0.154. The summed E-state index contributed by atoms with van der Waals surface area (Å²) in [4.78, 5) is 20.8. The van der Waals surface area contributed by atoms with Gasteiger partial charge in [-0.1, -0.05) is 32.6 Å². The maximum absolute atomic E-state index is 10.4. The Labute approximate surface area is 99.8 Å². The summed E-state index contributed by atoms with van der Waals surface area (Å²) < 4.78 is 0. The second-order valence-electron chi connectivity index (χ2n) is 3.08. The summed E-state index contributed by atoms with van der Waals surface area (Å²) in [7, 11) is 0. The Kier molecular flexibility index (Phi) is 10.7. The van der Waals surface area contributed by atoms with Gasteiger partial charge in [0, 0.05) is 0 Å². The smallest absolute Gasteiger partial charge is 0.317 e. The zero-order valence-corrected chi connectivity index (χ0v) is 7.82. The summed E-state index contributed by atoms with van der Waals surface area (Å²) in [6, 6.07) is 0. The molecule has 0 heterocycles. The molecule has 0 aliphatic rings. The van der Waals surface area contributed by atoms with Crippen LogP contribution < -0.4 is 0 Å². The fourth-order valence-electron chi connectivity index (χ4n) is 1.13. The molecule has 0 aromatic carbocycles. The predicted octanol–water partition coefficient (Wildman–Crippen LogP) is 0.826. The minimum absolute atomic E-state index is 0. The van der Waals surface area contributed by atoms with E-state index >= 15 is 0 Å². The molecule has 4 nitrogen and oxygen atoms in total. The highest BCUT2D eigenvalue weighted by atomic mass is 24.3. The van der Waals surface area contributed by atoms with Crippen LogP contribution in [0.4, 0.5) is 0 Å². The first kappa shape index (κ1) is 16.1. The molecule has 0 saturated heterocycles. The molecule has 80 valence electrons. The Bertz CT molecular complexity index is 168. The number of aliphatic carboxylic acids is 2. The largest absolute Gasteiger partial charge is 0.481 e. The van der Waals surface area contributed by atoms with Gasteiger partial charge in [-0.25, -0.2) is 0 Å². The molecule has 0 bridgehead atoms. The SMILES string of the molecule is CCCCCCC(C(=O)O)C(=O)O.[MgH2]. The third-order valence-corrected chi connectivity index (χ3v) is 1.94. The zero-order valence-electron chi connectivity index (χ0n) is 7.82. The van der Waals surface area contributed by atoms with E-state index < -0.39 is 17.9 Å². The van der Waals surface area contributed by atoms with Crippen molar-refractivity contribution in [1.82, 2.24) is 0 Å². The van der Waals surface area contributed by atoms with Crippen molar-refractivity contribution < 1.29 is 19.8 Å². The van der Waals surface area contributed by atoms with Crippen molar-refractivity contribution in [2.45, 2.75) is 39.0 Å². The molecule has 0 saturated carbocycles. The number of rotatable bonds is 7. The predicted molar refractivity (Wildman–Crippen MR) is 56.1 cm³/mol. The highest BCUT2D eigenvalue weighted by Gasteiger charge is 2.24. The Morgan fingerprint density at radius 2 is 1.57 bits per heavy atom. The molecular weight excluding hydrogens is 196 g/mol. The van der Waals surface area contributed by atoms with Crippen LogP contribution in [0.5, 0.6) is 0 Å². The first-order valence-corrected chi connectivity index (χ1v) is 4.55. The van der Waals surface area contributed by atoms with Crippen LogP contribution >= 0.6 is 0 Å². The third-order valence-electron chi connectivity index (χ3n) is 1.94. The molecule has 2 N–H and O–H groups in total. The second kappa shape index (κ2) is 9.27. The van der Waals surface area contributed by atoms with E-state index in [9.17, 15) is 9.59 Å². The van der Waals surface area contributed by atoms with Gasteiger partial charge in [-0.3, -0.25) is 9.59 Å². The van der Waals surface area contributed by atoms with E-state index in [1.807, 2.05) is 6.92 Å². The van der Waals surface area contributed by atoms with Crippen molar-refractivity contribution in [2.75, 3.05) is 0 Å². The van der Waals surface area contributed by atoms with Gasteiger partial charge in [-0.2, -0.15) is 0 Å². The van der Waals surface area contributed by atoms with Crippen LogP contribution in [-0.4, -0.2) is 45.2 Å². The molecule has 0 spiro atoms. The summed E-state index contributed by atoms with van der Waals surface area (Å²) in [5.41, 5.74) is 0. The molecule has 0 radical (unpaired) electrons. The van der Waals surface area contributed by atoms with E-state index in [1.165, 1.54) is 0 Å². The van der Waals surface area contributed by atoms with Gasteiger partial charge in [-0.15, -0.1) is 0 Å². The summed E-state index contributed by atoms with van der Waals surface area (Å²) in [5.74, 6) is -3.69. The third kappa shape index (κ3) is 7.14. The molecule has 0 fully saturated rings. The summed E-state index contributed by atoms with van der Waals surface area (Å²) in [6.45, 7) is 2.05. The molecule has 0 amide bonds. The van der Waals surface area contributed by atoms with Gasteiger partial charge in [0.2, 0.25) is 0 Å². The van der Waals surface area contributed by atoms with E-state index in [0.29, 0.717) is 6.42 Å². The van der Waals surface area contributed by atoms with Gasteiger partial charge >= 0.3 is 35.0 Å². The number of carbonyl (C=O) groups is 2. The van der Waals surface area contributed by atoms with Gasteiger partial charge in [0.1, 0.15) is 0 Å². The Hall–Kier alpha value is -0.294. The topological polar surface area (TPSA) is 74.6 Å². The number of carboxylic acid groups (broad SMARTS) is 2. The lowest BCUT2D eigenvalue weighted by Gasteiger charge is -2.05. The van der Waals surface area contributed by atoms with E-state index in [2.05, 4.69) is 0 Å². The Balaban J connectivity index is 0. The van der Waals surface area contributed by atoms with Crippen LogP contribution in [0.1, 0.15) is 39.0 Å².